The average molecular weight is 235 g/mol. The molecule has 4 heteroatoms. The molecule has 0 aromatic carbocycles. The molecule has 1 aromatic rings. The first-order valence-electron chi connectivity index (χ1n) is 6.21. The third kappa shape index (κ3) is 2.22. The molecule has 1 N–H and O–H groups in total. The summed E-state index contributed by atoms with van der Waals surface area (Å²) in [6.45, 7) is 8.00. The average Bonchev–Trinajstić information content (AvgIpc) is 2.88. The van der Waals surface area contributed by atoms with Crippen molar-refractivity contribution in [2.45, 2.75) is 33.2 Å². The van der Waals surface area contributed by atoms with E-state index in [-0.39, 0.29) is 6.04 Å². The minimum absolute atomic E-state index is 0.149. The van der Waals surface area contributed by atoms with Crippen LogP contribution in [-0.4, -0.2) is 22.9 Å². The van der Waals surface area contributed by atoms with E-state index in [1.807, 2.05) is 11.7 Å². The second-order valence-corrected chi connectivity index (χ2v) is 4.44. The van der Waals surface area contributed by atoms with Crippen molar-refractivity contribution in [2.24, 2.45) is 7.05 Å². The fraction of sp³-hybridized carbons (Fsp3) is 0.615. The maximum Gasteiger partial charge on any atom is 0.114 e. The number of ether oxygens (including phenoxy) is 1. The zero-order chi connectivity index (χ0) is 12.4. The van der Waals surface area contributed by atoms with Gasteiger partial charge in [-0.15, -0.1) is 0 Å². The van der Waals surface area contributed by atoms with Gasteiger partial charge in [0, 0.05) is 24.7 Å². The number of nitrogens with one attached hydrogen (secondary N) is 1. The minimum atomic E-state index is 0.149. The number of likely N-dealkylation sites (N-methyl/N-ethyl adjacent to an activating group) is 1. The fourth-order valence-corrected chi connectivity index (χ4v) is 2.39. The van der Waals surface area contributed by atoms with Crippen molar-refractivity contribution in [3.05, 3.63) is 28.8 Å². The first-order valence-corrected chi connectivity index (χ1v) is 6.21. The summed E-state index contributed by atoms with van der Waals surface area (Å²) in [5.41, 5.74) is 3.53. The molecule has 0 amide bonds. The van der Waals surface area contributed by atoms with Crippen LogP contribution in [0.15, 0.2) is 11.8 Å². The molecule has 94 valence electrons. The number of aryl methyl sites for hydroxylation is 2. The normalized spacial score (nSPS) is 16.8. The SMILES string of the molecule is CCNC(C1=CCCO1)c1c(C)nn(C)c1C. The van der Waals surface area contributed by atoms with Gasteiger partial charge in [-0.25, -0.2) is 0 Å². The Morgan fingerprint density at radius 1 is 1.53 bits per heavy atom. The molecule has 0 spiro atoms. The first kappa shape index (κ1) is 12.2. The molecule has 0 saturated carbocycles. The quantitative estimate of drug-likeness (QED) is 0.867. The number of aromatic nitrogens is 2. The lowest BCUT2D eigenvalue weighted by Gasteiger charge is -2.19. The van der Waals surface area contributed by atoms with E-state index in [4.69, 9.17) is 4.74 Å². The topological polar surface area (TPSA) is 39.1 Å². The minimum Gasteiger partial charge on any atom is -0.496 e. The summed E-state index contributed by atoms with van der Waals surface area (Å²) in [6.07, 6.45) is 3.19. The van der Waals surface area contributed by atoms with Crippen LogP contribution >= 0.6 is 0 Å². The van der Waals surface area contributed by atoms with Gasteiger partial charge in [-0.1, -0.05) is 6.92 Å². The molecule has 1 aliphatic rings. The molecule has 0 bridgehead atoms. The van der Waals surface area contributed by atoms with E-state index in [1.165, 1.54) is 11.3 Å². The summed E-state index contributed by atoms with van der Waals surface area (Å²) in [6, 6.07) is 0.149. The van der Waals surface area contributed by atoms with Gasteiger partial charge in [0.15, 0.2) is 0 Å². The van der Waals surface area contributed by atoms with Crippen molar-refractivity contribution in [3.8, 4) is 0 Å². The summed E-state index contributed by atoms with van der Waals surface area (Å²) >= 11 is 0. The smallest absolute Gasteiger partial charge is 0.114 e. The molecule has 2 rings (SSSR count). The molecular formula is C13H21N3O. The van der Waals surface area contributed by atoms with Crippen LogP contribution in [-0.2, 0) is 11.8 Å². The maximum atomic E-state index is 5.70. The van der Waals surface area contributed by atoms with E-state index in [2.05, 4.69) is 37.3 Å². The van der Waals surface area contributed by atoms with Crippen LogP contribution in [0.5, 0.6) is 0 Å². The fourth-order valence-electron chi connectivity index (χ4n) is 2.39. The highest BCUT2D eigenvalue weighted by molar-refractivity contribution is 5.33. The van der Waals surface area contributed by atoms with Crippen molar-refractivity contribution in [2.75, 3.05) is 13.2 Å². The number of hydrogen-bond acceptors (Lipinski definition) is 3. The zero-order valence-electron chi connectivity index (χ0n) is 11.1. The zero-order valence-corrected chi connectivity index (χ0v) is 11.1. The van der Waals surface area contributed by atoms with Crippen LogP contribution in [0.2, 0.25) is 0 Å². The third-order valence-electron chi connectivity index (χ3n) is 3.28. The Kier molecular flexibility index (Phi) is 3.52. The third-order valence-corrected chi connectivity index (χ3v) is 3.28. The van der Waals surface area contributed by atoms with Gasteiger partial charge >= 0.3 is 0 Å². The van der Waals surface area contributed by atoms with Crippen LogP contribution in [0.3, 0.4) is 0 Å². The van der Waals surface area contributed by atoms with Gasteiger partial charge in [-0.2, -0.15) is 5.10 Å². The highest BCUT2D eigenvalue weighted by Crippen LogP contribution is 2.30. The maximum absolute atomic E-state index is 5.70. The summed E-state index contributed by atoms with van der Waals surface area (Å²) < 4.78 is 7.64. The van der Waals surface area contributed by atoms with Gasteiger partial charge < -0.3 is 10.1 Å². The Hall–Kier alpha value is -1.29. The Morgan fingerprint density at radius 3 is 2.76 bits per heavy atom. The van der Waals surface area contributed by atoms with Gasteiger partial charge in [0.1, 0.15) is 5.76 Å². The molecule has 2 heterocycles. The molecule has 0 radical (unpaired) electrons. The van der Waals surface area contributed by atoms with Crippen LogP contribution in [0, 0.1) is 13.8 Å². The predicted molar refractivity (Wildman–Crippen MR) is 67.8 cm³/mol. The molecule has 1 unspecified atom stereocenters. The highest BCUT2D eigenvalue weighted by Gasteiger charge is 2.25. The number of rotatable bonds is 4. The number of nitrogens with zero attached hydrogens (tertiary/aromatic N) is 2. The van der Waals surface area contributed by atoms with Gasteiger partial charge in [-0.3, -0.25) is 4.68 Å². The standard InChI is InChI=1S/C13H21N3O/c1-5-14-13(11-7-6-8-17-11)12-9(2)15-16(4)10(12)3/h7,13-14H,5-6,8H2,1-4H3. The lowest BCUT2D eigenvalue weighted by molar-refractivity contribution is 0.215. The molecule has 0 saturated heterocycles. The molecule has 0 fully saturated rings. The molecule has 1 atom stereocenters. The lowest BCUT2D eigenvalue weighted by Crippen LogP contribution is -2.24. The largest absolute Gasteiger partial charge is 0.496 e. The van der Waals surface area contributed by atoms with Crippen molar-refractivity contribution < 1.29 is 4.74 Å². The Morgan fingerprint density at radius 2 is 2.29 bits per heavy atom. The van der Waals surface area contributed by atoms with E-state index in [9.17, 15) is 0 Å². The monoisotopic (exact) mass is 235 g/mol. The van der Waals surface area contributed by atoms with Crippen LogP contribution in [0.25, 0.3) is 0 Å². The van der Waals surface area contributed by atoms with Gasteiger partial charge in [0.2, 0.25) is 0 Å². The van der Waals surface area contributed by atoms with E-state index < -0.39 is 0 Å². The second-order valence-electron chi connectivity index (χ2n) is 4.44. The van der Waals surface area contributed by atoms with Crippen LogP contribution in [0.4, 0.5) is 0 Å². The van der Waals surface area contributed by atoms with Crippen molar-refractivity contribution in [3.63, 3.8) is 0 Å². The summed E-state index contributed by atoms with van der Waals surface area (Å²) in [4.78, 5) is 0. The molecular weight excluding hydrogens is 214 g/mol. The summed E-state index contributed by atoms with van der Waals surface area (Å²) in [7, 11) is 1.98. The molecule has 4 nitrogen and oxygen atoms in total. The molecule has 0 aliphatic carbocycles. The van der Waals surface area contributed by atoms with Crippen LogP contribution < -0.4 is 5.32 Å². The molecule has 17 heavy (non-hydrogen) atoms. The Bertz CT molecular complexity index is 434. The molecule has 1 aliphatic heterocycles. The van der Waals surface area contributed by atoms with E-state index in [1.54, 1.807) is 0 Å². The highest BCUT2D eigenvalue weighted by atomic mass is 16.5. The first-order chi connectivity index (χ1) is 8.15. The van der Waals surface area contributed by atoms with Crippen molar-refractivity contribution in [1.82, 2.24) is 15.1 Å². The molecule has 1 aromatic heterocycles. The van der Waals surface area contributed by atoms with Gasteiger partial charge in [0.05, 0.1) is 18.3 Å². The number of hydrogen-bond donors (Lipinski definition) is 1. The second kappa shape index (κ2) is 4.92. The van der Waals surface area contributed by atoms with Gasteiger partial charge in [0.25, 0.3) is 0 Å². The Labute approximate surface area is 103 Å². The van der Waals surface area contributed by atoms with Gasteiger partial charge in [-0.05, 0) is 26.5 Å². The Balaban J connectivity index is 2.38. The van der Waals surface area contributed by atoms with E-state index in [0.717, 1.165) is 31.0 Å². The lowest BCUT2D eigenvalue weighted by atomic mass is 10.0. The summed E-state index contributed by atoms with van der Waals surface area (Å²) in [5, 5.41) is 7.97. The van der Waals surface area contributed by atoms with E-state index in [0.29, 0.717) is 0 Å². The van der Waals surface area contributed by atoms with Crippen molar-refractivity contribution >= 4 is 0 Å². The van der Waals surface area contributed by atoms with Crippen molar-refractivity contribution in [1.29, 1.82) is 0 Å². The van der Waals surface area contributed by atoms with Crippen LogP contribution in [0.1, 0.15) is 36.3 Å². The van der Waals surface area contributed by atoms with E-state index >= 15 is 0 Å². The predicted octanol–water partition coefficient (Wildman–Crippen LogP) is 1.99. The summed E-state index contributed by atoms with van der Waals surface area (Å²) in [5.74, 6) is 1.05.